The van der Waals surface area contributed by atoms with Gasteiger partial charge in [0, 0.05) is 13.0 Å². The summed E-state index contributed by atoms with van der Waals surface area (Å²) in [5.41, 5.74) is 0.765. The minimum absolute atomic E-state index is 0.175. The lowest BCUT2D eigenvalue weighted by Crippen LogP contribution is -2.08. The maximum Gasteiger partial charge on any atom is 0.328 e. The predicted molar refractivity (Wildman–Crippen MR) is 67.4 cm³/mol. The van der Waals surface area contributed by atoms with Crippen LogP contribution in [0.3, 0.4) is 0 Å². The van der Waals surface area contributed by atoms with Gasteiger partial charge in [-0.05, 0) is 17.7 Å². The minimum atomic E-state index is -1.09. The number of carbonyl (C=O) groups excluding carboxylic acids is 1. The normalized spacial score (nSPS) is 10.5. The Hall–Kier alpha value is -1.52. The topological polar surface area (TPSA) is 66.4 Å². The zero-order chi connectivity index (χ0) is 13.0. The maximum absolute atomic E-state index is 11.0. The van der Waals surface area contributed by atoms with Crippen LogP contribution in [0.2, 0.25) is 10.0 Å². The van der Waals surface area contributed by atoms with E-state index in [2.05, 4.69) is 5.32 Å². The number of hydrogen-bond donors (Lipinski definition) is 2. The first-order chi connectivity index (χ1) is 7.91. The van der Waals surface area contributed by atoms with Crippen molar-refractivity contribution in [1.29, 1.82) is 0 Å². The maximum atomic E-state index is 11.0. The lowest BCUT2D eigenvalue weighted by molar-refractivity contribution is -0.131. The third-order valence-corrected chi connectivity index (χ3v) is 2.64. The first kappa shape index (κ1) is 13.5. The fourth-order valence-electron chi connectivity index (χ4n) is 1.17. The summed E-state index contributed by atoms with van der Waals surface area (Å²) in [7, 11) is 0. The van der Waals surface area contributed by atoms with E-state index in [0.717, 1.165) is 6.08 Å². The van der Waals surface area contributed by atoms with Gasteiger partial charge in [-0.25, -0.2) is 4.79 Å². The van der Waals surface area contributed by atoms with Gasteiger partial charge >= 0.3 is 5.97 Å². The molecule has 0 aromatic heterocycles. The van der Waals surface area contributed by atoms with Crippen molar-refractivity contribution in [2.24, 2.45) is 0 Å². The number of aliphatic carboxylic acids is 1. The van der Waals surface area contributed by atoms with Crippen LogP contribution in [0.4, 0.5) is 5.69 Å². The zero-order valence-electron chi connectivity index (χ0n) is 8.83. The molecule has 0 heterocycles. The first-order valence-electron chi connectivity index (χ1n) is 4.58. The van der Waals surface area contributed by atoms with Crippen LogP contribution in [0.5, 0.6) is 0 Å². The van der Waals surface area contributed by atoms with Crippen molar-refractivity contribution in [2.75, 3.05) is 5.32 Å². The Labute approximate surface area is 108 Å². The lowest BCUT2D eigenvalue weighted by atomic mass is 10.1. The van der Waals surface area contributed by atoms with Gasteiger partial charge in [0.05, 0.1) is 15.7 Å². The monoisotopic (exact) mass is 273 g/mol. The molecule has 4 nitrogen and oxygen atoms in total. The molecule has 0 saturated carbocycles. The summed E-state index contributed by atoms with van der Waals surface area (Å²) in [5, 5.41) is 11.5. The number of amides is 1. The van der Waals surface area contributed by atoms with Crippen LogP contribution in [0.15, 0.2) is 18.2 Å². The van der Waals surface area contributed by atoms with E-state index in [9.17, 15) is 9.59 Å². The average Bonchev–Trinajstić information content (AvgIpc) is 2.23. The summed E-state index contributed by atoms with van der Waals surface area (Å²) >= 11 is 11.7. The molecular formula is C11H9Cl2NO3. The molecular weight excluding hydrogens is 265 g/mol. The van der Waals surface area contributed by atoms with Crippen LogP contribution >= 0.6 is 23.2 Å². The molecule has 1 rings (SSSR count). The van der Waals surface area contributed by atoms with E-state index in [1.165, 1.54) is 19.1 Å². The molecule has 1 amide bonds. The van der Waals surface area contributed by atoms with Gasteiger partial charge in [-0.15, -0.1) is 0 Å². The van der Waals surface area contributed by atoms with Crippen LogP contribution in [-0.4, -0.2) is 17.0 Å². The SMILES string of the molecule is CC(=O)Nc1c(/C=C/C(=O)O)ccc(Cl)c1Cl. The Morgan fingerprint density at radius 2 is 2.00 bits per heavy atom. The number of rotatable bonds is 3. The number of carboxylic acid groups (broad SMARTS) is 1. The van der Waals surface area contributed by atoms with Crippen molar-refractivity contribution in [2.45, 2.75) is 6.92 Å². The Morgan fingerprint density at radius 3 is 2.53 bits per heavy atom. The van der Waals surface area contributed by atoms with E-state index in [-0.39, 0.29) is 16.0 Å². The zero-order valence-corrected chi connectivity index (χ0v) is 10.3. The van der Waals surface area contributed by atoms with Crippen molar-refractivity contribution in [3.05, 3.63) is 33.8 Å². The standard InChI is InChI=1S/C11H9Cl2NO3/c1-6(15)14-11-7(3-5-9(16)17)2-4-8(12)10(11)13/h2-5H,1H3,(H,14,15)(H,16,17)/b5-3+. The molecule has 2 N–H and O–H groups in total. The molecule has 1 aromatic carbocycles. The number of carboxylic acids is 1. The molecule has 0 bridgehead atoms. The smallest absolute Gasteiger partial charge is 0.328 e. The van der Waals surface area contributed by atoms with Crippen molar-refractivity contribution in [1.82, 2.24) is 0 Å². The van der Waals surface area contributed by atoms with Gasteiger partial charge in [-0.2, -0.15) is 0 Å². The van der Waals surface area contributed by atoms with E-state index < -0.39 is 5.97 Å². The summed E-state index contributed by atoms with van der Waals surface area (Å²) in [4.78, 5) is 21.4. The van der Waals surface area contributed by atoms with Crippen LogP contribution < -0.4 is 5.32 Å². The third kappa shape index (κ3) is 3.76. The highest BCUT2D eigenvalue weighted by Crippen LogP contribution is 2.33. The molecule has 0 aliphatic carbocycles. The van der Waals surface area contributed by atoms with E-state index in [1.54, 1.807) is 6.07 Å². The number of carbonyl (C=O) groups is 2. The molecule has 0 saturated heterocycles. The third-order valence-electron chi connectivity index (χ3n) is 1.83. The van der Waals surface area contributed by atoms with Gasteiger partial charge in [0.25, 0.3) is 0 Å². The van der Waals surface area contributed by atoms with E-state index in [1.807, 2.05) is 0 Å². The highest BCUT2D eigenvalue weighted by atomic mass is 35.5. The van der Waals surface area contributed by atoms with Gasteiger partial charge in [-0.3, -0.25) is 4.79 Å². The fraction of sp³-hybridized carbons (Fsp3) is 0.0909. The van der Waals surface area contributed by atoms with E-state index in [0.29, 0.717) is 11.3 Å². The number of nitrogens with one attached hydrogen (secondary N) is 1. The summed E-state index contributed by atoms with van der Waals surface area (Å²) in [6.45, 7) is 1.32. The quantitative estimate of drug-likeness (QED) is 0.832. The number of hydrogen-bond acceptors (Lipinski definition) is 2. The van der Waals surface area contributed by atoms with Crippen molar-refractivity contribution < 1.29 is 14.7 Å². The Kier molecular flexibility index (Phi) is 4.54. The number of benzene rings is 1. The molecule has 0 aliphatic heterocycles. The molecule has 0 atom stereocenters. The van der Waals surface area contributed by atoms with Crippen LogP contribution in [-0.2, 0) is 9.59 Å². The van der Waals surface area contributed by atoms with Crippen molar-refractivity contribution in [3.8, 4) is 0 Å². The molecule has 1 aromatic rings. The second-order valence-corrected chi connectivity index (χ2v) is 3.96. The fourth-order valence-corrected chi connectivity index (χ4v) is 1.55. The average molecular weight is 274 g/mol. The van der Waals surface area contributed by atoms with E-state index >= 15 is 0 Å². The van der Waals surface area contributed by atoms with Crippen molar-refractivity contribution >= 4 is 46.8 Å². The number of halogens is 2. The summed E-state index contributed by atoms with van der Waals surface area (Å²) in [6, 6.07) is 3.09. The van der Waals surface area contributed by atoms with Gasteiger partial charge in [0.15, 0.2) is 0 Å². The molecule has 6 heteroatoms. The molecule has 17 heavy (non-hydrogen) atoms. The second-order valence-electron chi connectivity index (χ2n) is 3.18. The number of anilines is 1. The Balaban J connectivity index is 3.24. The van der Waals surface area contributed by atoms with Gasteiger partial charge in [0.1, 0.15) is 0 Å². The predicted octanol–water partition coefficient (Wildman–Crippen LogP) is 3.05. The Bertz CT molecular complexity index is 498. The molecule has 0 aliphatic rings. The van der Waals surface area contributed by atoms with Crippen LogP contribution in [0, 0.1) is 0 Å². The second kappa shape index (κ2) is 5.70. The largest absolute Gasteiger partial charge is 0.478 e. The van der Waals surface area contributed by atoms with E-state index in [4.69, 9.17) is 28.3 Å². The molecule has 90 valence electrons. The highest BCUT2D eigenvalue weighted by Gasteiger charge is 2.10. The molecule has 0 radical (unpaired) electrons. The summed E-state index contributed by atoms with van der Waals surface area (Å²) < 4.78 is 0. The van der Waals surface area contributed by atoms with Crippen LogP contribution in [0.25, 0.3) is 6.08 Å². The molecule has 0 spiro atoms. The van der Waals surface area contributed by atoms with Gasteiger partial charge in [0.2, 0.25) is 5.91 Å². The van der Waals surface area contributed by atoms with Crippen molar-refractivity contribution in [3.63, 3.8) is 0 Å². The summed E-state index contributed by atoms with van der Waals surface area (Å²) in [5.74, 6) is -1.41. The Morgan fingerprint density at radius 1 is 1.35 bits per heavy atom. The first-order valence-corrected chi connectivity index (χ1v) is 5.34. The van der Waals surface area contributed by atoms with Crippen LogP contribution in [0.1, 0.15) is 12.5 Å². The van der Waals surface area contributed by atoms with Gasteiger partial charge in [-0.1, -0.05) is 29.3 Å². The summed E-state index contributed by atoms with van der Waals surface area (Å²) in [6.07, 6.45) is 2.28. The lowest BCUT2D eigenvalue weighted by Gasteiger charge is -2.10. The molecule has 0 fully saturated rings. The highest BCUT2D eigenvalue weighted by molar-refractivity contribution is 6.44. The van der Waals surface area contributed by atoms with Gasteiger partial charge < -0.3 is 10.4 Å². The molecule has 0 unspecified atom stereocenters. The minimum Gasteiger partial charge on any atom is -0.478 e.